The number of phenolic OH excluding ortho intramolecular Hbond substituents is 1. The third kappa shape index (κ3) is 19.4. The van der Waals surface area contributed by atoms with Crippen LogP contribution in [0.25, 0.3) is 11.1 Å². The highest BCUT2D eigenvalue weighted by molar-refractivity contribution is 6.32. The van der Waals surface area contributed by atoms with Gasteiger partial charge in [-0.25, -0.2) is 4.79 Å². The summed E-state index contributed by atoms with van der Waals surface area (Å²) in [4.78, 5) is 136. The molecule has 10 amide bonds. The minimum atomic E-state index is -3.01. The number of carbonyl (C=O) groups excluding carboxylic acids is 9. The first kappa shape index (κ1) is 88.2. The van der Waals surface area contributed by atoms with Crippen molar-refractivity contribution >= 4 is 82.2 Å². The zero-order valence-electron chi connectivity index (χ0n) is 66.5. The summed E-state index contributed by atoms with van der Waals surface area (Å²) in [6.45, 7) is 4.33. The molecule has 13 unspecified atom stereocenters. The number of aliphatic hydroxyl groups excluding tert-OH is 5. The lowest BCUT2D eigenvalue weighted by Crippen LogP contribution is -2.60. The van der Waals surface area contributed by atoms with Crippen LogP contribution < -0.4 is 93.6 Å². The highest BCUT2D eigenvalue weighted by Gasteiger charge is 2.52. The van der Waals surface area contributed by atoms with Gasteiger partial charge < -0.3 is 134 Å². The highest BCUT2D eigenvalue weighted by Crippen LogP contribution is 2.56. The van der Waals surface area contributed by atoms with Gasteiger partial charge in [0.15, 0.2) is 11.5 Å². The van der Waals surface area contributed by atoms with Gasteiger partial charge in [-0.1, -0.05) is 61.3 Å². The van der Waals surface area contributed by atoms with Crippen LogP contribution >= 0.6 is 23.2 Å². The minimum Gasteiger partial charge on any atom is -0.508 e. The number of benzene rings is 6. The van der Waals surface area contributed by atoms with Crippen molar-refractivity contribution in [3.05, 3.63) is 146 Å². The van der Waals surface area contributed by atoms with Crippen LogP contribution in [0, 0.1) is 29.6 Å². The summed E-state index contributed by atoms with van der Waals surface area (Å²) in [5, 5.41) is 124. The number of aliphatic hydroxyl groups is 7. The van der Waals surface area contributed by atoms with Gasteiger partial charge in [-0.15, -0.1) is 0 Å². The Morgan fingerprint density at radius 1 is 0.661 bits per heavy atom. The summed E-state index contributed by atoms with van der Waals surface area (Å²) in [6, 6.07) is 6.22. The molecule has 0 radical (unpaired) electrons. The number of carbonyl (C=O) groups is 9. The summed E-state index contributed by atoms with van der Waals surface area (Å²) >= 11 is 14.3. The van der Waals surface area contributed by atoms with Crippen molar-refractivity contribution in [3.63, 3.8) is 0 Å². The maximum absolute atomic E-state index is 16.3. The molecule has 5 heterocycles. The monoisotopic (exact) mass is 1720 g/mol. The summed E-state index contributed by atoms with van der Waals surface area (Å²) < 4.78 is 37.5. The Morgan fingerprint density at radius 3 is 1.93 bits per heavy atom. The minimum absolute atomic E-state index is 0.0268. The van der Waals surface area contributed by atoms with E-state index in [2.05, 4.69) is 58.5 Å². The molecule has 0 spiro atoms. The number of fused-ring (bicyclic) bond motifs is 16. The number of amides is 10. The summed E-state index contributed by atoms with van der Waals surface area (Å²) in [5.41, 5.74) is 10.2. The van der Waals surface area contributed by atoms with Crippen molar-refractivity contribution in [3.8, 4) is 57.1 Å². The van der Waals surface area contributed by atoms with E-state index in [1.165, 1.54) is 67.7 Å². The molecule has 16 rings (SSSR count). The first-order valence-corrected chi connectivity index (χ1v) is 40.6. The number of primary amides is 1. The highest BCUT2D eigenvalue weighted by atomic mass is 35.5. The maximum Gasteiger partial charge on any atom is 0.325 e. The second-order valence-electron chi connectivity index (χ2n) is 31.9. The van der Waals surface area contributed by atoms with E-state index in [9.17, 15) is 64.8 Å². The van der Waals surface area contributed by atoms with E-state index >= 15 is 19.2 Å². The second kappa shape index (κ2) is 37.4. The van der Waals surface area contributed by atoms with Gasteiger partial charge >= 0.3 is 6.03 Å². The fourth-order valence-corrected chi connectivity index (χ4v) is 17.7. The van der Waals surface area contributed by atoms with Crippen LogP contribution in [-0.4, -0.2) is 203 Å². The van der Waals surface area contributed by atoms with E-state index in [0.717, 1.165) is 68.5 Å². The molecule has 6 aromatic carbocycles. The topological polar surface area (TPSA) is 555 Å². The van der Waals surface area contributed by atoms with Gasteiger partial charge in [-0.3, -0.25) is 43.7 Å². The lowest BCUT2D eigenvalue weighted by molar-refractivity contribution is -0.270. The Balaban J connectivity index is 0.978. The molecule has 6 aromatic rings. The Labute approximate surface area is 704 Å². The number of ether oxygens (including phenoxy) is 6. The normalized spacial score (nSPS) is 26.8. The number of urea groups is 1. The van der Waals surface area contributed by atoms with Crippen molar-refractivity contribution in [1.29, 1.82) is 0 Å². The zero-order chi connectivity index (χ0) is 86.7. The fraction of sp³-hybridized carbons (Fsp3) is 0.458. The summed E-state index contributed by atoms with van der Waals surface area (Å²) in [6.07, 6.45) is -10.6. The van der Waals surface area contributed by atoms with Crippen molar-refractivity contribution in [2.75, 3.05) is 59.3 Å². The van der Waals surface area contributed by atoms with E-state index in [-0.39, 0.29) is 115 Å². The number of anilines is 1. The largest absolute Gasteiger partial charge is 0.508 e. The fourth-order valence-electron chi connectivity index (χ4n) is 17.2. The smallest absolute Gasteiger partial charge is 0.325 e. The third-order valence-corrected chi connectivity index (χ3v) is 23.6. The molecule has 36 nitrogen and oxygen atoms in total. The van der Waals surface area contributed by atoms with Crippen LogP contribution in [0.4, 0.5) is 10.5 Å². The van der Waals surface area contributed by atoms with Crippen molar-refractivity contribution in [2.45, 2.75) is 156 Å². The van der Waals surface area contributed by atoms with Gasteiger partial charge in [0.25, 0.3) is 0 Å². The molecule has 13 atom stereocenters. The number of imide groups is 1. The first-order valence-electron chi connectivity index (χ1n) is 39.8. The molecular formula is C83H99Cl2N13O23. The number of halogens is 2. The number of likely N-dealkylation sites (N-methyl/N-ethyl adjacent to an activating group) is 3. The molecule has 121 heavy (non-hydrogen) atoms. The SMILES string of the molecule is CNCCOc1ccc(NC(=O)NC(=O)CC2NC(=O)C(NC(=O)C(CC(C)C)NC)C(O)c3ccc(c(Cl)c3)Oc3cc4cc(c3OC3OC(CN)C(O)C(O)C3O)Oc3ccc(cc3Cl)C(O)CC(=O)NC(C(=O)NC3C5CC6CC(C5)CC3C6)c3cc(O)cc5c3-c3cc(ccc3C5(O)O)C(C(N)=O)NC(=O)C4NC2=O)c(OCCNC)c1. The van der Waals surface area contributed by atoms with Crippen molar-refractivity contribution in [2.24, 2.45) is 41.1 Å². The van der Waals surface area contributed by atoms with Gasteiger partial charge in [0.2, 0.25) is 65.1 Å². The Kier molecular flexibility index (Phi) is 27.3. The van der Waals surface area contributed by atoms with Crippen LogP contribution in [0.3, 0.4) is 0 Å². The number of nitrogens with one attached hydrogen (secondary N) is 11. The number of aromatic hydroxyl groups is 1. The van der Waals surface area contributed by atoms with E-state index < -0.39 is 192 Å². The molecule has 13 bridgehead atoms. The van der Waals surface area contributed by atoms with Crippen LogP contribution in [0.2, 0.25) is 10.0 Å². The molecule has 5 fully saturated rings. The average molecular weight is 1720 g/mol. The molecule has 5 aliphatic heterocycles. The van der Waals surface area contributed by atoms with Gasteiger partial charge in [0.05, 0.1) is 40.7 Å². The number of rotatable bonds is 22. The standard InChI is InChI=1S/C83H99Cl2N13O23/c1-35(2)18-53(90-5)76(108)98-69-70(103)40-8-13-57(51(85)26-40)119-60-28-43-27-59(74(60)121-81-73(106)72(105)71(104)61(34-86)120-81)118-56-12-7-38(25-50(56)84)55(100)33-63(102)93-68(79(111)95-65-41-20-36-19-37(22-41)23-42(65)21-36)47-29-44(99)30-49-64(47)46-24-39(6-10-48(46)83(49,114)115)66(75(87)107)96-78(110)67(43)97-77(109)54(91-80(69)112)32-62(101)94-82(113)92-52-11-9-45(116-16-14-88-3)31-58(52)117-17-15-89-4/h6-13,24-31,35-37,41-42,53-55,61,65-73,81,88-90,99-100,103-106,114-115H,14-23,32-34,86H2,1-5H3,(H2,87,107)(H,91,112)(H,93,102)(H,95,111)(H,96,110)(H,97,109)(H,98,108)(H2,92,94,101,113). The second-order valence-corrected chi connectivity index (χ2v) is 32.8. The molecule has 1 saturated heterocycles. The van der Waals surface area contributed by atoms with Gasteiger partial charge in [0, 0.05) is 42.9 Å². The molecule has 38 heteroatoms. The van der Waals surface area contributed by atoms with Crippen LogP contribution in [0.5, 0.6) is 46.0 Å². The Hall–Kier alpha value is -10.5. The first-order chi connectivity index (χ1) is 57.7. The molecule has 23 N–H and O–H groups in total. The number of hydrogen-bond donors (Lipinski definition) is 21. The van der Waals surface area contributed by atoms with Crippen LogP contribution in [0.1, 0.15) is 134 Å². The number of hydrogen-bond acceptors (Lipinski definition) is 27. The zero-order valence-corrected chi connectivity index (χ0v) is 68.0. The predicted octanol–water partition coefficient (Wildman–Crippen LogP) is 2.22. The maximum atomic E-state index is 16.3. The van der Waals surface area contributed by atoms with E-state index in [1.54, 1.807) is 14.1 Å². The average Bonchev–Trinajstić information content (AvgIpc) is 1.57. The molecule has 5 aliphatic carbocycles. The van der Waals surface area contributed by atoms with Crippen LogP contribution in [-0.2, 0) is 48.9 Å². The molecular weight excluding hydrogens is 1620 g/mol. The Bertz CT molecular complexity index is 4940. The molecule has 648 valence electrons. The van der Waals surface area contributed by atoms with E-state index in [0.29, 0.717) is 30.7 Å². The van der Waals surface area contributed by atoms with Gasteiger partial charge in [-0.2, -0.15) is 0 Å². The number of phenols is 1. The predicted molar refractivity (Wildman–Crippen MR) is 433 cm³/mol. The van der Waals surface area contributed by atoms with Crippen molar-refractivity contribution < 1.29 is 112 Å². The quantitative estimate of drug-likeness (QED) is 0.0342. The number of nitrogens with two attached hydrogens (primary N) is 2. The van der Waals surface area contributed by atoms with E-state index in [1.807, 2.05) is 13.8 Å². The molecule has 0 aromatic heterocycles. The van der Waals surface area contributed by atoms with Crippen molar-refractivity contribution in [1.82, 2.24) is 53.2 Å². The lowest BCUT2D eigenvalue weighted by atomic mass is 9.54. The summed E-state index contributed by atoms with van der Waals surface area (Å²) in [5.74, 6) is -14.2. The lowest BCUT2D eigenvalue weighted by Gasteiger charge is -2.54. The molecule has 4 saturated carbocycles. The Morgan fingerprint density at radius 2 is 1.31 bits per heavy atom. The van der Waals surface area contributed by atoms with Gasteiger partial charge in [-0.05, 0) is 195 Å². The van der Waals surface area contributed by atoms with Gasteiger partial charge in [0.1, 0.15) is 103 Å². The molecule has 10 aliphatic rings. The van der Waals surface area contributed by atoms with E-state index in [4.69, 9.17) is 63.1 Å². The summed E-state index contributed by atoms with van der Waals surface area (Å²) in [7, 11) is 4.90. The van der Waals surface area contributed by atoms with Crippen LogP contribution in [0.15, 0.2) is 97.1 Å². The third-order valence-electron chi connectivity index (χ3n) is 23.0.